The largest absolute Gasteiger partial charge is 0.490 e. The van der Waals surface area contributed by atoms with Crippen LogP contribution in [0, 0.1) is 5.82 Å². The first-order valence-electron chi connectivity index (χ1n) is 10.4. The molecule has 0 amide bonds. The number of nitrogens with zero attached hydrogens (tertiary/aromatic N) is 2. The molecule has 174 valence electrons. The van der Waals surface area contributed by atoms with Crippen LogP contribution in [0.4, 0.5) is 23.2 Å². The van der Waals surface area contributed by atoms with E-state index in [-0.39, 0.29) is 35.4 Å². The molecule has 1 aliphatic carbocycles. The third-order valence-electron chi connectivity index (χ3n) is 6.88. The molecule has 0 saturated carbocycles. The second-order valence-electron chi connectivity index (χ2n) is 9.02. The van der Waals surface area contributed by atoms with Crippen LogP contribution in [0.1, 0.15) is 36.9 Å². The molecule has 0 saturated heterocycles. The SMILES string of the molecule is Cn1ncc2c(NC3c4ccc(F)c5c4C(C)(CCO5)CC3(O)C(F)(F)F)cccc2c1=O. The van der Waals surface area contributed by atoms with Crippen molar-refractivity contribution in [2.75, 3.05) is 11.9 Å². The van der Waals surface area contributed by atoms with E-state index in [0.717, 1.165) is 10.7 Å². The number of aromatic nitrogens is 2. The van der Waals surface area contributed by atoms with Crippen LogP contribution in [0.25, 0.3) is 10.8 Å². The molecule has 3 atom stereocenters. The maximum absolute atomic E-state index is 14.6. The molecule has 6 nitrogen and oxygen atoms in total. The lowest BCUT2D eigenvalue weighted by atomic mass is 9.60. The molecular weight excluding hydrogens is 442 g/mol. The van der Waals surface area contributed by atoms with Crippen molar-refractivity contribution in [2.24, 2.45) is 7.05 Å². The Kier molecular flexibility index (Phi) is 4.55. The second kappa shape index (κ2) is 6.93. The lowest BCUT2D eigenvalue weighted by Crippen LogP contribution is -2.59. The van der Waals surface area contributed by atoms with E-state index in [1.165, 1.54) is 31.4 Å². The minimum atomic E-state index is -4.99. The fourth-order valence-corrected chi connectivity index (χ4v) is 5.22. The van der Waals surface area contributed by atoms with Gasteiger partial charge in [-0.2, -0.15) is 18.3 Å². The smallest absolute Gasteiger partial charge is 0.419 e. The van der Waals surface area contributed by atoms with Gasteiger partial charge in [0.05, 0.1) is 24.2 Å². The van der Waals surface area contributed by atoms with Gasteiger partial charge >= 0.3 is 6.18 Å². The van der Waals surface area contributed by atoms with Crippen molar-refractivity contribution < 1.29 is 27.4 Å². The minimum Gasteiger partial charge on any atom is -0.490 e. The highest BCUT2D eigenvalue weighted by Gasteiger charge is 2.65. The maximum atomic E-state index is 14.6. The zero-order chi connectivity index (χ0) is 23.8. The van der Waals surface area contributed by atoms with Crippen molar-refractivity contribution in [3.8, 4) is 5.75 Å². The predicted octanol–water partition coefficient (Wildman–Crippen LogP) is 3.96. The number of ether oxygens (including phenoxy) is 1. The van der Waals surface area contributed by atoms with Crippen LogP contribution >= 0.6 is 0 Å². The zero-order valence-electron chi connectivity index (χ0n) is 17.8. The van der Waals surface area contributed by atoms with E-state index >= 15 is 0 Å². The number of benzene rings is 2. The van der Waals surface area contributed by atoms with Gasteiger partial charge in [-0.3, -0.25) is 4.79 Å². The topological polar surface area (TPSA) is 76.4 Å². The Morgan fingerprint density at radius 1 is 1.24 bits per heavy atom. The number of hydrogen-bond acceptors (Lipinski definition) is 5. The molecule has 1 aliphatic heterocycles. The number of hydrogen-bond donors (Lipinski definition) is 2. The summed E-state index contributed by atoms with van der Waals surface area (Å²) in [5.41, 5.74) is -4.07. The molecule has 5 rings (SSSR count). The number of halogens is 4. The Morgan fingerprint density at radius 2 is 2.00 bits per heavy atom. The highest BCUT2D eigenvalue weighted by Crippen LogP contribution is 2.59. The lowest BCUT2D eigenvalue weighted by molar-refractivity contribution is -0.277. The summed E-state index contributed by atoms with van der Waals surface area (Å²) in [6.07, 6.45) is -4.08. The number of nitrogens with one attached hydrogen (secondary N) is 1. The molecule has 2 heterocycles. The Morgan fingerprint density at radius 3 is 2.73 bits per heavy atom. The Hall–Kier alpha value is -3.14. The molecule has 0 bridgehead atoms. The van der Waals surface area contributed by atoms with Gasteiger partial charge in [0.2, 0.25) is 0 Å². The van der Waals surface area contributed by atoms with Gasteiger partial charge in [-0.05, 0) is 36.6 Å². The first kappa shape index (κ1) is 21.7. The van der Waals surface area contributed by atoms with Gasteiger partial charge in [0.25, 0.3) is 5.56 Å². The summed E-state index contributed by atoms with van der Waals surface area (Å²) in [5, 5.41) is 18.6. The van der Waals surface area contributed by atoms with Gasteiger partial charge in [0.15, 0.2) is 17.2 Å². The first-order valence-corrected chi connectivity index (χ1v) is 10.4. The van der Waals surface area contributed by atoms with Crippen LogP contribution < -0.4 is 15.6 Å². The molecule has 1 aromatic heterocycles. The number of aliphatic hydroxyl groups is 1. The third kappa shape index (κ3) is 3.03. The van der Waals surface area contributed by atoms with E-state index in [2.05, 4.69) is 10.4 Å². The van der Waals surface area contributed by atoms with Crippen LogP contribution in [-0.4, -0.2) is 33.3 Å². The highest BCUT2D eigenvalue weighted by atomic mass is 19.4. The van der Waals surface area contributed by atoms with E-state index in [4.69, 9.17) is 4.74 Å². The van der Waals surface area contributed by atoms with Crippen LogP contribution in [-0.2, 0) is 12.5 Å². The minimum absolute atomic E-state index is 0.0498. The van der Waals surface area contributed by atoms with E-state index in [1.807, 2.05) is 0 Å². The van der Waals surface area contributed by atoms with Crippen molar-refractivity contribution in [1.29, 1.82) is 0 Å². The van der Waals surface area contributed by atoms with Gasteiger partial charge in [-0.15, -0.1) is 0 Å². The third-order valence-corrected chi connectivity index (χ3v) is 6.88. The zero-order valence-corrected chi connectivity index (χ0v) is 17.8. The standard InChI is InChI=1S/C23H21F4N3O3/c1-21-8-9-33-18-15(24)7-6-13(17(18)21)19(22(32,11-21)23(25,26)27)29-16-5-3-4-12-14(16)10-28-30(2)20(12)31/h3-7,10,19,29,32H,8-9,11H2,1-2H3. The van der Waals surface area contributed by atoms with Gasteiger partial charge in [-0.1, -0.05) is 19.1 Å². The molecule has 3 unspecified atom stereocenters. The summed E-state index contributed by atoms with van der Waals surface area (Å²) in [6, 6.07) is 5.24. The number of aryl methyl sites for hydroxylation is 1. The lowest BCUT2D eigenvalue weighted by Gasteiger charge is -2.51. The molecular formula is C23H21F4N3O3. The Balaban J connectivity index is 1.75. The predicted molar refractivity (Wildman–Crippen MR) is 113 cm³/mol. The quantitative estimate of drug-likeness (QED) is 0.563. The van der Waals surface area contributed by atoms with Crippen molar-refractivity contribution in [3.05, 3.63) is 63.8 Å². The molecule has 10 heteroatoms. The summed E-state index contributed by atoms with van der Waals surface area (Å²) in [5.74, 6) is -0.737. The molecule has 0 spiro atoms. The van der Waals surface area contributed by atoms with Crippen LogP contribution in [0.3, 0.4) is 0 Å². The summed E-state index contributed by atoms with van der Waals surface area (Å²) < 4.78 is 64.4. The van der Waals surface area contributed by atoms with Gasteiger partial charge in [0, 0.05) is 29.1 Å². The number of alkyl halides is 3. The molecule has 2 aliphatic rings. The van der Waals surface area contributed by atoms with E-state index in [1.54, 1.807) is 13.0 Å². The number of rotatable bonds is 2. The van der Waals surface area contributed by atoms with Crippen molar-refractivity contribution in [2.45, 2.75) is 43.0 Å². The Labute approximate surface area is 185 Å². The van der Waals surface area contributed by atoms with Gasteiger partial charge in [-0.25, -0.2) is 9.07 Å². The molecule has 3 aromatic rings. The van der Waals surface area contributed by atoms with Crippen molar-refractivity contribution in [1.82, 2.24) is 9.78 Å². The van der Waals surface area contributed by atoms with Gasteiger partial charge < -0.3 is 15.2 Å². The fraction of sp³-hybridized carbons (Fsp3) is 0.391. The molecule has 2 N–H and O–H groups in total. The van der Waals surface area contributed by atoms with E-state index in [9.17, 15) is 27.5 Å². The average molecular weight is 463 g/mol. The number of anilines is 1. The fourth-order valence-electron chi connectivity index (χ4n) is 5.22. The van der Waals surface area contributed by atoms with Crippen LogP contribution in [0.2, 0.25) is 0 Å². The molecule has 0 radical (unpaired) electrons. The monoisotopic (exact) mass is 463 g/mol. The summed E-state index contributed by atoms with van der Waals surface area (Å²) >= 11 is 0. The maximum Gasteiger partial charge on any atom is 0.419 e. The Bertz CT molecular complexity index is 1340. The first-order chi connectivity index (χ1) is 15.5. The normalized spacial score (nSPS) is 26.6. The highest BCUT2D eigenvalue weighted by molar-refractivity contribution is 5.92. The van der Waals surface area contributed by atoms with Gasteiger partial charge in [0.1, 0.15) is 0 Å². The summed E-state index contributed by atoms with van der Waals surface area (Å²) in [7, 11) is 1.47. The van der Waals surface area contributed by atoms with Crippen molar-refractivity contribution >= 4 is 16.5 Å². The average Bonchev–Trinajstić information content (AvgIpc) is 2.74. The van der Waals surface area contributed by atoms with Crippen LogP contribution in [0.15, 0.2) is 41.3 Å². The van der Waals surface area contributed by atoms with E-state index < -0.39 is 41.0 Å². The summed E-state index contributed by atoms with van der Waals surface area (Å²) in [6.45, 7) is 1.64. The van der Waals surface area contributed by atoms with Crippen LogP contribution in [0.5, 0.6) is 5.75 Å². The molecule has 0 fully saturated rings. The molecule has 2 aromatic carbocycles. The van der Waals surface area contributed by atoms with E-state index in [0.29, 0.717) is 10.9 Å². The second-order valence-corrected chi connectivity index (χ2v) is 9.02. The number of fused-ring (bicyclic) bond motifs is 1. The molecule has 33 heavy (non-hydrogen) atoms. The summed E-state index contributed by atoms with van der Waals surface area (Å²) in [4.78, 5) is 12.5. The van der Waals surface area contributed by atoms with Crippen molar-refractivity contribution in [3.63, 3.8) is 0 Å².